The first-order valence-electron chi connectivity index (χ1n) is 7.31. The molecule has 3 aromatic rings. The maximum Gasteiger partial charge on any atom is 0.266 e. The molecule has 23 heavy (non-hydrogen) atoms. The molecule has 4 nitrogen and oxygen atoms in total. The molecule has 0 unspecified atom stereocenters. The van der Waals surface area contributed by atoms with Crippen LogP contribution < -0.4 is 5.56 Å². The molecule has 0 spiro atoms. The normalized spacial score (nSPS) is 10.5. The fourth-order valence-electron chi connectivity index (χ4n) is 2.39. The van der Waals surface area contributed by atoms with Crippen molar-refractivity contribution in [3.63, 3.8) is 0 Å². The number of aromatic amines is 1. The van der Waals surface area contributed by atoms with Crippen molar-refractivity contribution in [1.29, 1.82) is 5.26 Å². The van der Waals surface area contributed by atoms with Crippen LogP contribution in [0.25, 0.3) is 21.8 Å². The number of thiazole rings is 1. The number of aryl methyl sites for hydroxylation is 2. The van der Waals surface area contributed by atoms with Crippen LogP contribution in [-0.2, 0) is 6.42 Å². The lowest BCUT2D eigenvalue weighted by molar-refractivity contribution is 1.13. The van der Waals surface area contributed by atoms with E-state index in [0.717, 1.165) is 28.2 Å². The van der Waals surface area contributed by atoms with Gasteiger partial charge in [-0.15, -0.1) is 11.3 Å². The van der Waals surface area contributed by atoms with Crippen LogP contribution in [0.5, 0.6) is 0 Å². The number of nitrogens with zero attached hydrogens (tertiary/aromatic N) is 2. The first-order valence-corrected chi connectivity index (χ1v) is 8.19. The lowest BCUT2D eigenvalue weighted by Crippen LogP contribution is -2.11. The first-order chi connectivity index (χ1) is 11.1. The molecule has 1 N–H and O–H groups in total. The lowest BCUT2D eigenvalue weighted by atomic mass is 10.1. The maximum absolute atomic E-state index is 11.6. The molecule has 0 atom stereocenters. The zero-order chi connectivity index (χ0) is 16.4. The van der Waals surface area contributed by atoms with Crippen molar-refractivity contribution < 1.29 is 0 Å². The minimum atomic E-state index is -0.362. The minimum absolute atomic E-state index is 0.104. The molecule has 0 fully saturated rings. The van der Waals surface area contributed by atoms with Gasteiger partial charge in [0.1, 0.15) is 16.6 Å². The van der Waals surface area contributed by atoms with Crippen molar-refractivity contribution in [2.24, 2.45) is 0 Å². The monoisotopic (exact) mass is 321 g/mol. The molecule has 2 heterocycles. The summed E-state index contributed by atoms with van der Waals surface area (Å²) in [4.78, 5) is 19.0. The van der Waals surface area contributed by atoms with Crippen LogP contribution >= 0.6 is 11.3 Å². The second kappa shape index (κ2) is 6.19. The van der Waals surface area contributed by atoms with Gasteiger partial charge in [-0.1, -0.05) is 31.2 Å². The van der Waals surface area contributed by atoms with Crippen molar-refractivity contribution in [1.82, 2.24) is 9.97 Å². The molecule has 0 saturated heterocycles. The van der Waals surface area contributed by atoms with Gasteiger partial charge in [-0.3, -0.25) is 4.79 Å². The molecular formula is C18H15N3OS. The molecule has 0 aliphatic carbocycles. The highest BCUT2D eigenvalue weighted by atomic mass is 32.1. The zero-order valence-electron chi connectivity index (χ0n) is 12.9. The number of H-pyrrole nitrogens is 1. The molecule has 3 rings (SSSR count). The number of aromatic nitrogens is 2. The van der Waals surface area contributed by atoms with Gasteiger partial charge in [0, 0.05) is 22.2 Å². The number of pyridine rings is 1. The fraction of sp³-hybridized carbons (Fsp3) is 0.167. The van der Waals surface area contributed by atoms with Crippen molar-refractivity contribution in [2.75, 3.05) is 0 Å². The van der Waals surface area contributed by atoms with Gasteiger partial charge < -0.3 is 4.98 Å². The third-order valence-corrected chi connectivity index (χ3v) is 4.64. The van der Waals surface area contributed by atoms with E-state index in [0.29, 0.717) is 5.69 Å². The summed E-state index contributed by atoms with van der Waals surface area (Å²) in [6.07, 6.45) is 1.01. The Hall–Kier alpha value is -2.71. The summed E-state index contributed by atoms with van der Waals surface area (Å²) < 4.78 is 0. The van der Waals surface area contributed by atoms with E-state index in [9.17, 15) is 4.79 Å². The molecule has 0 amide bonds. The smallest absolute Gasteiger partial charge is 0.266 e. The minimum Gasteiger partial charge on any atom is -0.325 e. The predicted octanol–water partition coefficient (Wildman–Crippen LogP) is 3.91. The molecule has 2 aromatic heterocycles. The van der Waals surface area contributed by atoms with E-state index in [-0.39, 0.29) is 11.1 Å². The molecule has 0 aliphatic heterocycles. The molecule has 0 bridgehead atoms. The van der Waals surface area contributed by atoms with Gasteiger partial charge in [0.05, 0.1) is 5.69 Å². The van der Waals surface area contributed by atoms with Gasteiger partial charge in [0.25, 0.3) is 5.56 Å². The maximum atomic E-state index is 11.6. The van der Waals surface area contributed by atoms with Crippen LogP contribution in [0.3, 0.4) is 0 Å². The number of nitriles is 1. The van der Waals surface area contributed by atoms with Gasteiger partial charge >= 0.3 is 0 Å². The topological polar surface area (TPSA) is 69.5 Å². The fourth-order valence-corrected chi connectivity index (χ4v) is 3.21. The van der Waals surface area contributed by atoms with Crippen molar-refractivity contribution in [2.45, 2.75) is 20.3 Å². The van der Waals surface area contributed by atoms with E-state index >= 15 is 0 Å². The highest BCUT2D eigenvalue weighted by Gasteiger charge is 2.12. The Balaban J connectivity index is 2.02. The summed E-state index contributed by atoms with van der Waals surface area (Å²) in [5, 5.41) is 11.9. The van der Waals surface area contributed by atoms with E-state index in [4.69, 9.17) is 5.26 Å². The lowest BCUT2D eigenvalue weighted by Gasteiger charge is -2.03. The SMILES string of the molecule is CCc1ccc(-c2nc(-c3cc(C#N)c(=O)[nH]c3C)cs2)cc1. The number of rotatable bonds is 3. The second-order valence-corrected chi connectivity index (χ2v) is 6.11. The van der Waals surface area contributed by atoms with Crippen LogP contribution in [0.4, 0.5) is 0 Å². The Morgan fingerprint density at radius 2 is 2.04 bits per heavy atom. The highest BCUT2D eigenvalue weighted by molar-refractivity contribution is 7.13. The molecule has 0 radical (unpaired) electrons. The Labute approximate surface area is 138 Å². The van der Waals surface area contributed by atoms with E-state index < -0.39 is 0 Å². The number of hydrogen-bond acceptors (Lipinski definition) is 4. The summed E-state index contributed by atoms with van der Waals surface area (Å²) in [7, 11) is 0. The number of nitrogens with one attached hydrogen (secondary N) is 1. The van der Waals surface area contributed by atoms with Crippen LogP contribution in [0.1, 0.15) is 23.7 Å². The summed E-state index contributed by atoms with van der Waals surface area (Å²) in [5.41, 5.74) is 4.38. The van der Waals surface area contributed by atoms with Crippen molar-refractivity contribution in [3.8, 4) is 27.9 Å². The first kappa shape index (κ1) is 15.2. The van der Waals surface area contributed by atoms with Crippen LogP contribution in [-0.4, -0.2) is 9.97 Å². The second-order valence-electron chi connectivity index (χ2n) is 5.25. The summed E-state index contributed by atoms with van der Waals surface area (Å²) in [5.74, 6) is 0. The van der Waals surface area contributed by atoms with Crippen LogP contribution in [0.15, 0.2) is 40.5 Å². The third kappa shape index (κ3) is 2.94. The number of benzene rings is 1. The third-order valence-electron chi connectivity index (χ3n) is 3.75. The van der Waals surface area contributed by atoms with Crippen LogP contribution in [0, 0.1) is 18.3 Å². The average molecular weight is 321 g/mol. The van der Waals surface area contributed by atoms with Gasteiger partial charge in [-0.05, 0) is 25.0 Å². The Bertz CT molecular complexity index is 946. The zero-order valence-corrected chi connectivity index (χ0v) is 13.7. The number of hydrogen-bond donors (Lipinski definition) is 1. The van der Waals surface area contributed by atoms with Gasteiger partial charge in [0.2, 0.25) is 0 Å². The quantitative estimate of drug-likeness (QED) is 0.795. The molecule has 0 saturated carbocycles. The van der Waals surface area contributed by atoms with E-state index in [1.807, 2.05) is 18.4 Å². The largest absolute Gasteiger partial charge is 0.325 e. The predicted molar refractivity (Wildman–Crippen MR) is 92.4 cm³/mol. The summed E-state index contributed by atoms with van der Waals surface area (Å²) in [6, 6.07) is 11.9. The Morgan fingerprint density at radius 3 is 2.70 bits per heavy atom. The van der Waals surface area contributed by atoms with Gasteiger partial charge in [0.15, 0.2) is 0 Å². The van der Waals surface area contributed by atoms with Gasteiger partial charge in [-0.25, -0.2) is 4.98 Å². The van der Waals surface area contributed by atoms with E-state index in [1.54, 1.807) is 17.4 Å². The molecule has 0 aliphatic rings. The van der Waals surface area contributed by atoms with E-state index in [2.05, 4.69) is 41.2 Å². The molecular weight excluding hydrogens is 306 g/mol. The summed E-state index contributed by atoms with van der Waals surface area (Å²) in [6.45, 7) is 3.94. The van der Waals surface area contributed by atoms with E-state index in [1.165, 1.54) is 5.56 Å². The van der Waals surface area contributed by atoms with Crippen LogP contribution in [0.2, 0.25) is 0 Å². The average Bonchev–Trinajstić information content (AvgIpc) is 3.05. The molecule has 114 valence electrons. The van der Waals surface area contributed by atoms with Gasteiger partial charge in [-0.2, -0.15) is 5.26 Å². The van der Waals surface area contributed by atoms with Crippen molar-refractivity contribution >= 4 is 11.3 Å². The Morgan fingerprint density at radius 1 is 1.30 bits per heavy atom. The van der Waals surface area contributed by atoms with Crippen molar-refractivity contribution in [3.05, 3.63) is 62.9 Å². The Kier molecular flexibility index (Phi) is 4.09. The molecule has 1 aromatic carbocycles. The highest BCUT2D eigenvalue weighted by Crippen LogP contribution is 2.30. The molecule has 5 heteroatoms. The summed E-state index contributed by atoms with van der Waals surface area (Å²) >= 11 is 1.55. The standard InChI is InChI=1S/C18H15N3OS/c1-3-12-4-6-13(7-5-12)18-21-16(10-23-18)15-8-14(9-19)17(22)20-11(15)2/h4-8,10H,3H2,1-2H3,(H,20,22).